The second-order valence-corrected chi connectivity index (χ2v) is 6.42. The number of hydrogen-bond donors (Lipinski definition) is 0. The van der Waals surface area contributed by atoms with Crippen LogP contribution in [0.3, 0.4) is 0 Å². The summed E-state index contributed by atoms with van der Waals surface area (Å²) in [6.45, 7) is 2.17. The van der Waals surface area contributed by atoms with Gasteiger partial charge in [0.25, 0.3) is 10.1 Å². The van der Waals surface area contributed by atoms with Gasteiger partial charge in [0, 0.05) is 6.42 Å². The van der Waals surface area contributed by atoms with Gasteiger partial charge in [0.05, 0.1) is 32.6 Å². The quantitative estimate of drug-likeness (QED) is 0.399. The van der Waals surface area contributed by atoms with Crippen LogP contribution in [0.1, 0.15) is 26.2 Å². The zero-order valence-corrected chi connectivity index (χ0v) is 13.2. The molecule has 0 radical (unpaired) electrons. The van der Waals surface area contributed by atoms with E-state index in [4.69, 9.17) is 8.92 Å². The van der Waals surface area contributed by atoms with E-state index in [-0.39, 0.29) is 19.6 Å². The molecule has 0 aliphatic carbocycles. The van der Waals surface area contributed by atoms with Crippen molar-refractivity contribution in [3.63, 3.8) is 0 Å². The first kappa shape index (κ1) is 17.7. The van der Waals surface area contributed by atoms with E-state index in [0.29, 0.717) is 6.42 Å². The third kappa shape index (κ3) is 5.50. The lowest BCUT2D eigenvalue weighted by Crippen LogP contribution is -2.41. The smallest absolute Gasteiger partial charge is 0.410 e. The van der Waals surface area contributed by atoms with Crippen molar-refractivity contribution in [1.29, 1.82) is 0 Å². The Hall–Kier alpha value is -1.35. The molecule has 1 amide bonds. The number of esters is 1. The highest BCUT2D eigenvalue weighted by Crippen LogP contribution is 2.23. The molecule has 0 aromatic carbocycles. The van der Waals surface area contributed by atoms with E-state index in [1.165, 1.54) is 7.11 Å². The standard InChI is InChI=1S/C12H21NO7S/c1-4-5-6-19-12(15)13-8-9(20-21(3,16)17)7-10(13)11(14)18-2/h9-10H,4-8H2,1-3H3/t9-,10+/m1/s1. The highest BCUT2D eigenvalue weighted by atomic mass is 32.2. The van der Waals surface area contributed by atoms with Crippen molar-refractivity contribution in [2.45, 2.75) is 38.3 Å². The lowest BCUT2D eigenvalue weighted by molar-refractivity contribution is -0.145. The predicted molar refractivity (Wildman–Crippen MR) is 73.1 cm³/mol. The van der Waals surface area contributed by atoms with E-state index in [0.717, 1.165) is 17.6 Å². The molecular weight excluding hydrogens is 302 g/mol. The molecule has 0 bridgehead atoms. The fraction of sp³-hybridized carbons (Fsp3) is 0.833. The van der Waals surface area contributed by atoms with Crippen molar-refractivity contribution in [3.05, 3.63) is 0 Å². The van der Waals surface area contributed by atoms with Gasteiger partial charge < -0.3 is 9.47 Å². The van der Waals surface area contributed by atoms with Gasteiger partial charge in [0.2, 0.25) is 0 Å². The van der Waals surface area contributed by atoms with Crippen LogP contribution in [0.2, 0.25) is 0 Å². The third-order valence-electron chi connectivity index (χ3n) is 3.00. The molecular formula is C12H21NO7S. The molecule has 1 heterocycles. The summed E-state index contributed by atoms with van der Waals surface area (Å²) in [4.78, 5) is 24.8. The van der Waals surface area contributed by atoms with Crippen molar-refractivity contribution >= 4 is 22.2 Å². The average Bonchev–Trinajstić information content (AvgIpc) is 2.79. The van der Waals surface area contributed by atoms with Crippen LogP contribution in [0, 0.1) is 0 Å². The maximum absolute atomic E-state index is 12.0. The number of amides is 1. The van der Waals surface area contributed by atoms with Crippen LogP contribution in [0.15, 0.2) is 0 Å². The summed E-state index contributed by atoms with van der Waals surface area (Å²) < 4.78 is 36.8. The summed E-state index contributed by atoms with van der Waals surface area (Å²) in [7, 11) is -2.46. The number of nitrogens with zero attached hydrogens (tertiary/aromatic N) is 1. The van der Waals surface area contributed by atoms with Gasteiger partial charge >= 0.3 is 12.1 Å². The number of likely N-dealkylation sites (tertiary alicyclic amines) is 1. The van der Waals surface area contributed by atoms with Crippen LogP contribution in [0.4, 0.5) is 4.79 Å². The molecule has 8 nitrogen and oxygen atoms in total. The van der Waals surface area contributed by atoms with Crippen molar-refractivity contribution in [2.24, 2.45) is 0 Å². The zero-order chi connectivity index (χ0) is 16.0. The van der Waals surface area contributed by atoms with Crippen molar-refractivity contribution < 1.29 is 31.7 Å². The average molecular weight is 323 g/mol. The summed E-state index contributed by atoms with van der Waals surface area (Å²) in [5.41, 5.74) is 0. The summed E-state index contributed by atoms with van der Waals surface area (Å²) in [6, 6.07) is -0.893. The van der Waals surface area contributed by atoms with Crippen LogP contribution in [0.25, 0.3) is 0 Å². The Kier molecular flexibility index (Phi) is 6.41. The fourth-order valence-electron chi connectivity index (χ4n) is 2.06. The van der Waals surface area contributed by atoms with Crippen molar-refractivity contribution in [1.82, 2.24) is 4.90 Å². The first-order chi connectivity index (χ1) is 9.78. The zero-order valence-electron chi connectivity index (χ0n) is 12.4. The number of methoxy groups -OCH3 is 1. The van der Waals surface area contributed by atoms with Gasteiger partial charge in [-0.2, -0.15) is 8.42 Å². The largest absolute Gasteiger partial charge is 0.467 e. The third-order valence-corrected chi connectivity index (χ3v) is 3.63. The molecule has 1 aliphatic rings. The first-order valence-electron chi connectivity index (χ1n) is 6.68. The first-order valence-corrected chi connectivity index (χ1v) is 8.49. The highest BCUT2D eigenvalue weighted by molar-refractivity contribution is 7.86. The van der Waals surface area contributed by atoms with E-state index < -0.39 is 34.3 Å². The molecule has 0 aromatic heterocycles. The molecule has 0 spiro atoms. The van der Waals surface area contributed by atoms with E-state index >= 15 is 0 Å². The van der Waals surface area contributed by atoms with E-state index in [1.807, 2.05) is 6.92 Å². The second-order valence-electron chi connectivity index (χ2n) is 4.82. The molecule has 0 N–H and O–H groups in total. The number of carbonyl (C=O) groups is 2. The normalized spacial score (nSPS) is 22.1. The molecule has 1 aliphatic heterocycles. The second kappa shape index (κ2) is 7.60. The Labute approximate surface area is 124 Å². The van der Waals surface area contributed by atoms with Gasteiger partial charge in [-0.05, 0) is 6.42 Å². The maximum atomic E-state index is 12.0. The minimum atomic E-state index is -3.66. The lowest BCUT2D eigenvalue weighted by Gasteiger charge is -2.21. The van der Waals surface area contributed by atoms with Crippen LogP contribution in [-0.2, 0) is 28.6 Å². The molecule has 0 unspecified atom stereocenters. The van der Waals surface area contributed by atoms with Gasteiger partial charge in [-0.1, -0.05) is 13.3 Å². The lowest BCUT2D eigenvalue weighted by atomic mass is 10.2. The molecule has 9 heteroatoms. The van der Waals surface area contributed by atoms with Gasteiger partial charge in [-0.15, -0.1) is 0 Å². The number of ether oxygens (including phenoxy) is 2. The number of carbonyl (C=O) groups excluding carboxylic acids is 2. The number of hydrogen-bond acceptors (Lipinski definition) is 7. The van der Waals surface area contributed by atoms with E-state index in [2.05, 4.69) is 4.74 Å². The monoisotopic (exact) mass is 323 g/mol. The van der Waals surface area contributed by atoms with Gasteiger partial charge in [0.15, 0.2) is 0 Å². The Morgan fingerprint density at radius 2 is 2.00 bits per heavy atom. The topological polar surface area (TPSA) is 99.2 Å². The van der Waals surface area contributed by atoms with Crippen LogP contribution in [0.5, 0.6) is 0 Å². The predicted octanol–water partition coefficient (Wildman–Crippen LogP) is 0.515. The Morgan fingerprint density at radius 3 is 2.52 bits per heavy atom. The Bertz CT molecular complexity index is 476. The van der Waals surface area contributed by atoms with Gasteiger partial charge in [0.1, 0.15) is 6.04 Å². The minimum Gasteiger partial charge on any atom is -0.467 e. The molecule has 0 saturated carbocycles. The van der Waals surface area contributed by atoms with Crippen molar-refractivity contribution in [3.8, 4) is 0 Å². The molecule has 21 heavy (non-hydrogen) atoms. The Balaban J connectivity index is 2.73. The Morgan fingerprint density at radius 1 is 1.33 bits per heavy atom. The van der Waals surface area contributed by atoms with E-state index in [1.54, 1.807) is 0 Å². The summed E-state index contributed by atoms with van der Waals surface area (Å²) >= 11 is 0. The number of unbranched alkanes of at least 4 members (excludes halogenated alkanes) is 1. The fourth-order valence-corrected chi connectivity index (χ4v) is 2.70. The summed E-state index contributed by atoms with van der Waals surface area (Å²) in [6.07, 6.45) is 1.12. The number of rotatable bonds is 6. The molecule has 1 rings (SSSR count). The molecule has 2 atom stereocenters. The summed E-state index contributed by atoms with van der Waals surface area (Å²) in [5, 5.41) is 0. The van der Waals surface area contributed by atoms with Gasteiger partial charge in [-0.25, -0.2) is 9.59 Å². The highest BCUT2D eigenvalue weighted by Gasteiger charge is 2.42. The molecule has 122 valence electrons. The van der Waals surface area contributed by atoms with E-state index in [9.17, 15) is 18.0 Å². The van der Waals surface area contributed by atoms with Crippen LogP contribution >= 0.6 is 0 Å². The molecule has 1 fully saturated rings. The minimum absolute atomic E-state index is 0.0300. The molecule has 1 saturated heterocycles. The van der Waals surface area contributed by atoms with Gasteiger partial charge in [-0.3, -0.25) is 9.08 Å². The summed E-state index contributed by atoms with van der Waals surface area (Å²) in [5.74, 6) is -0.623. The maximum Gasteiger partial charge on any atom is 0.410 e. The van der Waals surface area contributed by atoms with Crippen LogP contribution < -0.4 is 0 Å². The van der Waals surface area contributed by atoms with Crippen molar-refractivity contribution in [2.75, 3.05) is 26.5 Å². The SMILES string of the molecule is CCCCOC(=O)N1C[C@H](OS(C)(=O)=O)C[C@H]1C(=O)OC. The molecule has 0 aromatic rings. The van der Waals surface area contributed by atoms with Crippen LogP contribution in [-0.4, -0.2) is 64.0 Å².